The molecule has 32 heavy (non-hydrogen) atoms. The third kappa shape index (κ3) is 3.13. The van der Waals surface area contributed by atoms with Crippen LogP contribution in [0.4, 0.5) is 0 Å². The van der Waals surface area contributed by atoms with E-state index in [1.807, 2.05) is 0 Å². The van der Waals surface area contributed by atoms with Gasteiger partial charge in [-0.05, 0) is 113 Å². The fourth-order valence-corrected chi connectivity index (χ4v) is 10.5. The number of fused-ring (bicyclic) bond motifs is 6. The summed E-state index contributed by atoms with van der Waals surface area (Å²) < 4.78 is 0. The number of hydrogen-bond acceptors (Lipinski definition) is 2. The van der Waals surface area contributed by atoms with Crippen molar-refractivity contribution in [1.82, 2.24) is 10.6 Å². The van der Waals surface area contributed by atoms with E-state index in [1.54, 1.807) is 0 Å². The Morgan fingerprint density at radius 2 is 0.938 bits per heavy atom. The van der Waals surface area contributed by atoms with Gasteiger partial charge in [0.25, 0.3) is 0 Å². The van der Waals surface area contributed by atoms with Gasteiger partial charge < -0.3 is 10.6 Å². The minimum absolute atomic E-state index is 0.260. The molecule has 10 aliphatic rings. The maximum atomic E-state index is 13.9. The van der Waals surface area contributed by atoms with Gasteiger partial charge in [-0.2, -0.15) is 0 Å². The minimum atomic E-state index is -0.260. The van der Waals surface area contributed by atoms with E-state index in [0.29, 0.717) is 47.6 Å². The van der Waals surface area contributed by atoms with Gasteiger partial charge in [-0.15, -0.1) is 0 Å². The predicted octanol–water partition coefficient (Wildman–Crippen LogP) is 4.96. The molecular formula is C28H42N2O2. The average Bonchev–Trinajstić information content (AvgIpc) is 2.80. The first-order valence-corrected chi connectivity index (χ1v) is 14.1. The molecule has 4 heteroatoms. The largest absolute Gasteiger partial charge is 0.353 e. The Kier molecular flexibility index (Phi) is 4.58. The molecule has 2 unspecified atom stereocenters. The van der Waals surface area contributed by atoms with Gasteiger partial charge in [-0.3, -0.25) is 9.59 Å². The Morgan fingerprint density at radius 3 is 1.28 bits per heavy atom. The van der Waals surface area contributed by atoms with Crippen LogP contribution < -0.4 is 10.6 Å². The van der Waals surface area contributed by atoms with Crippen LogP contribution in [0.5, 0.6) is 0 Å². The molecule has 10 aliphatic carbocycles. The molecule has 8 bridgehead atoms. The van der Waals surface area contributed by atoms with Crippen molar-refractivity contribution in [3.05, 3.63) is 0 Å². The van der Waals surface area contributed by atoms with E-state index in [0.717, 1.165) is 43.9 Å². The molecule has 10 fully saturated rings. The van der Waals surface area contributed by atoms with Crippen LogP contribution in [0, 0.1) is 46.3 Å². The molecule has 0 aromatic rings. The van der Waals surface area contributed by atoms with E-state index in [2.05, 4.69) is 10.6 Å². The summed E-state index contributed by atoms with van der Waals surface area (Å²) in [6.45, 7) is 0. The lowest BCUT2D eigenvalue weighted by atomic mass is 9.43. The van der Waals surface area contributed by atoms with Crippen molar-refractivity contribution in [2.75, 3.05) is 0 Å². The second-order valence-electron chi connectivity index (χ2n) is 13.7. The van der Waals surface area contributed by atoms with Crippen molar-refractivity contribution in [3.63, 3.8) is 0 Å². The molecule has 0 aromatic heterocycles. The third-order valence-electron chi connectivity index (χ3n) is 11.8. The Hall–Kier alpha value is -1.06. The molecule has 0 aliphatic heterocycles. The van der Waals surface area contributed by atoms with E-state index >= 15 is 0 Å². The fraction of sp³-hybridized carbons (Fsp3) is 0.929. The van der Waals surface area contributed by atoms with Gasteiger partial charge in [0, 0.05) is 12.1 Å². The lowest BCUT2D eigenvalue weighted by molar-refractivity contribution is -0.169. The summed E-state index contributed by atoms with van der Waals surface area (Å²) in [4.78, 5) is 27.7. The first-order valence-electron chi connectivity index (χ1n) is 14.1. The Labute approximate surface area is 193 Å². The molecular weight excluding hydrogens is 396 g/mol. The molecule has 0 saturated heterocycles. The van der Waals surface area contributed by atoms with Gasteiger partial charge in [0.2, 0.25) is 11.8 Å². The predicted molar refractivity (Wildman–Crippen MR) is 124 cm³/mol. The molecule has 0 aromatic carbocycles. The lowest BCUT2D eigenvalue weighted by Crippen LogP contribution is -2.64. The molecule has 0 spiro atoms. The van der Waals surface area contributed by atoms with Crippen molar-refractivity contribution in [3.8, 4) is 0 Å². The van der Waals surface area contributed by atoms with Crippen LogP contribution in [0.15, 0.2) is 0 Å². The van der Waals surface area contributed by atoms with Gasteiger partial charge in [0.15, 0.2) is 0 Å². The molecule has 0 radical (unpaired) electrons. The number of amides is 2. The van der Waals surface area contributed by atoms with Crippen LogP contribution in [-0.4, -0.2) is 23.9 Å². The Bertz CT molecular complexity index is 715. The fourth-order valence-electron chi connectivity index (χ4n) is 10.5. The topological polar surface area (TPSA) is 58.2 Å². The highest BCUT2D eigenvalue weighted by Crippen LogP contribution is 2.65. The van der Waals surface area contributed by atoms with Gasteiger partial charge in [-0.1, -0.05) is 25.7 Å². The van der Waals surface area contributed by atoms with Crippen molar-refractivity contribution in [2.24, 2.45) is 46.3 Å². The van der Waals surface area contributed by atoms with Crippen LogP contribution in [0.2, 0.25) is 0 Å². The van der Waals surface area contributed by atoms with Crippen LogP contribution in [0.25, 0.3) is 0 Å². The second kappa shape index (κ2) is 7.22. The zero-order valence-corrected chi connectivity index (χ0v) is 19.7. The smallest absolute Gasteiger partial charge is 0.226 e. The molecule has 176 valence electrons. The molecule has 0 heterocycles. The van der Waals surface area contributed by atoms with Crippen LogP contribution in [0.3, 0.4) is 0 Å². The highest BCUT2D eigenvalue weighted by atomic mass is 16.2. The van der Waals surface area contributed by atoms with E-state index in [1.165, 1.54) is 70.6 Å². The standard InChI is InChI=1S/C28H42N2O2/c31-25(29-23-10-17-1-5-21(23)6-2-17)27-12-19-9-20(13-27)15-28(14-19,16-27)26(32)30-24-11-18-3-7-22(24)8-4-18/h17-24H,1-16H2,(H,29,31)(H,30,32). The van der Waals surface area contributed by atoms with Gasteiger partial charge in [0.1, 0.15) is 0 Å². The monoisotopic (exact) mass is 438 g/mol. The molecule has 4 nitrogen and oxygen atoms in total. The summed E-state index contributed by atoms with van der Waals surface area (Å²) in [5.41, 5.74) is -0.520. The number of carbonyl (C=O) groups is 2. The van der Waals surface area contributed by atoms with Crippen molar-refractivity contribution in [1.29, 1.82) is 0 Å². The van der Waals surface area contributed by atoms with Crippen LogP contribution >= 0.6 is 0 Å². The Morgan fingerprint density at radius 1 is 0.531 bits per heavy atom. The average molecular weight is 439 g/mol. The normalized spacial score (nSPS) is 52.8. The maximum absolute atomic E-state index is 13.9. The maximum Gasteiger partial charge on any atom is 0.226 e. The lowest BCUT2D eigenvalue weighted by Gasteiger charge is -2.61. The highest BCUT2D eigenvalue weighted by molar-refractivity contribution is 5.88. The van der Waals surface area contributed by atoms with Crippen LogP contribution in [-0.2, 0) is 9.59 Å². The van der Waals surface area contributed by atoms with Gasteiger partial charge >= 0.3 is 0 Å². The highest BCUT2D eigenvalue weighted by Gasteiger charge is 2.63. The van der Waals surface area contributed by atoms with Gasteiger partial charge in [-0.25, -0.2) is 0 Å². The molecule has 2 atom stereocenters. The third-order valence-corrected chi connectivity index (χ3v) is 11.8. The summed E-state index contributed by atoms with van der Waals surface area (Å²) in [7, 11) is 0. The number of hydrogen-bond donors (Lipinski definition) is 2. The van der Waals surface area contributed by atoms with Crippen molar-refractivity contribution >= 4 is 11.8 Å². The minimum Gasteiger partial charge on any atom is -0.353 e. The van der Waals surface area contributed by atoms with E-state index < -0.39 is 0 Å². The zero-order chi connectivity index (χ0) is 21.5. The molecule has 2 amide bonds. The summed E-state index contributed by atoms with van der Waals surface area (Å²) in [6, 6.07) is 0.816. The summed E-state index contributed by atoms with van der Waals surface area (Å²) >= 11 is 0. The van der Waals surface area contributed by atoms with E-state index in [9.17, 15) is 9.59 Å². The van der Waals surface area contributed by atoms with E-state index in [-0.39, 0.29) is 10.8 Å². The second-order valence-corrected chi connectivity index (χ2v) is 13.7. The SMILES string of the molecule is O=C(NC1CC2CCC1CC2)C12CC3CC(C1)CC(C(=O)NC1CC4CCC1CC4)(C3)C2. The zero-order valence-electron chi connectivity index (χ0n) is 19.7. The number of nitrogens with one attached hydrogen (secondary N) is 2. The van der Waals surface area contributed by atoms with Crippen molar-refractivity contribution < 1.29 is 9.59 Å². The summed E-state index contributed by atoms with van der Waals surface area (Å²) in [6.07, 6.45) is 19.4. The van der Waals surface area contributed by atoms with Crippen molar-refractivity contribution in [2.45, 2.75) is 115 Å². The first kappa shape index (κ1) is 20.3. The molecule has 10 rings (SSSR count). The first-order chi connectivity index (χ1) is 15.5. The summed E-state index contributed by atoms with van der Waals surface area (Å²) in [5.74, 6) is 4.91. The molecule has 10 saturated carbocycles. The molecule has 2 N–H and O–H groups in total. The van der Waals surface area contributed by atoms with Crippen LogP contribution in [0.1, 0.15) is 103 Å². The number of carbonyl (C=O) groups excluding carboxylic acids is 2. The number of rotatable bonds is 4. The Balaban J connectivity index is 1.09. The van der Waals surface area contributed by atoms with E-state index in [4.69, 9.17) is 0 Å². The quantitative estimate of drug-likeness (QED) is 0.651. The summed E-state index contributed by atoms with van der Waals surface area (Å²) in [5, 5.41) is 7.19. The van der Waals surface area contributed by atoms with Gasteiger partial charge in [0.05, 0.1) is 10.8 Å².